The van der Waals surface area contributed by atoms with Gasteiger partial charge in [-0.1, -0.05) is 12.7 Å². The van der Waals surface area contributed by atoms with Crippen LogP contribution in [-0.2, 0) is 0 Å². The number of ether oxygens (including phenoxy) is 1. The summed E-state index contributed by atoms with van der Waals surface area (Å²) >= 11 is 0. The lowest BCUT2D eigenvalue weighted by atomic mass is 9.97. The molecule has 1 aromatic carbocycles. The molecule has 0 atom stereocenters. The average Bonchev–Trinajstić information content (AvgIpc) is 2.20. The van der Waals surface area contributed by atoms with Gasteiger partial charge in [-0.25, -0.2) is 0 Å². The van der Waals surface area contributed by atoms with Crippen LogP contribution in [-0.4, -0.2) is 12.2 Å². The van der Waals surface area contributed by atoms with Crippen molar-refractivity contribution in [3.8, 4) is 11.5 Å². The first-order chi connectivity index (χ1) is 6.54. The first-order valence-electron chi connectivity index (χ1n) is 4.53. The molecule has 0 unspecified atom stereocenters. The van der Waals surface area contributed by atoms with E-state index in [0.717, 1.165) is 28.0 Å². The maximum absolute atomic E-state index is 9.82. The minimum atomic E-state index is 0.332. The Kier molecular flexibility index (Phi) is 2.84. The summed E-state index contributed by atoms with van der Waals surface area (Å²) in [6.45, 7) is 9.40. The highest BCUT2D eigenvalue weighted by Crippen LogP contribution is 2.37. The lowest BCUT2D eigenvalue weighted by molar-refractivity contribution is 0.406. The van der Waals surface area contributed by atoms with Crippen LogP contribution >= 0.6 is 0 Å². The molecular weight excluding hydrogens is 176 g/mol. The molecule has 0 aliphatic carbocycles. The van der Waals surface area contributed by atoms with E-state index < -0.39 is 0 Å². The fourth-order valence-electron chi connectivity index (χ4n) is 1.64. The summed E-state index contributed by atoms with van der Waals surface area (Å²) in [5.74, 6) is 1.13. The molecular formula is C12H16O2. The van der Waals surface area contributed by atoms with Crippen LogP contribution in [0.5, 0.6) is 11.5 Å². The average molecular weight is 192 g/mol. The monoisotopic (exact) mass is 192 g/mol. The molecule has 0 saturated heterocycles. The molecule has 0 saturated carbocycles. The van der Waals surface area contributed by atoms with Crippen molar-refractivity contribution in [1.29, 1.82) is 0 Å². The number of rotatable bonds is 2. The van der Waals surface area contributed by atoms with Crippen molar-refractivity contribution in [1.82, 2.24) is 0 Å². The number of hydrogen-bond donors (Lipinski definition) is 1. The minimum absolute atomic E-state index is 0.332. The summed E-state index contributed by atoms with van der Waals surface area (Å²) in [6.07, 6.45) is 1.71. The van der Waals surface area contributed by atoms with Crippen LogP contribution < -0.4 is 4.74 Å². The third-order valence-corrected chi connectivity index (χ3v) is 2.67. The number of hydrogen-bond acceptors (Lipinski definition) is 2. The largest absolute Gasteiger partial charge is 0.507 e. The molecule has 0 heterocycles. The molecule has 0 amide bonds. The second kappa shape index (κ2) is 3.74. The van der Waals surface area contributed by atoms with E-state index in [-0.39, 0.29) is 0 Å². The third kappa shape index (κ3) is 1.37. The zero-order chi connectivity index (χ0) is 10.9. The van der Waals surface area contributed by atoms with E-state index in [1.807, 2.05) is 20.8 Å². The predicted octanol–water partition coefficient (Wildman–Crippen LogP) is 2.97. The van der Waals surface area contributed by atoms with Crippen molar-refractivity contribution in [2.24, 2.45) is 0 Å². The Balaban J connectivity index is 3.65. The maximum Gasteiger partial charge on any atom is 0.129 e. The Morgan fingerprint density at radius 1 is 1.14 bits per heavy atom. The summed E-state index contributed by atoms with van der Waals surface area (Å²) in [4.78, 5) is 0. The van der Waals surface area contributed by atoms with Gasteiger partial charge in [-0.3, -0.25) is 0 Å². The van der Waals surface area contributed by atoms with E-state index in [1.54, 1.807) is 13.2 Å². The van der Waals surface area contributed by atoms with Crippen LogP contribution in [0.1, 0.15) is 22.3 Å². The normalized spacial score (nSPS) is 10.0. The van der Waals surface area contributed by atoms with Gasteiger partial charge in [0.05, 0.1) is 7.11 Å². The Hall–Kier alpha value is -1.44. The molecule has 2 nitrogen and oxygen atoms in total. The Morgan fingerprint density at radius 3 is 2.14 bits per heavy atom. The van der Waals surface area contributed by atoms with Gasteiger partial charge in [0.25, 0.3) is 0 Å². The maximum atomic E-state index is 9.82. The molecule has 1 rings (SSSR count). The van der Waals surface area contributed by atoms with Gasteiger partial charge in [-0.05, 0) is 31.9 Å². The zero-order valence-electron chi connectivity index (χ0n) is 9.14. The van der Waals surface area contributed by atoms with Crippen LogP contribution in [0.2, 0.25) is 0 Å². The molecule has 0 radical (unpaired) electrons. The van der Waals surface area contributed by atoms with Gasteiger partial charge in [0.1, 0.15) is 11.5 Å². The number of phenolic OH excluding ortho intramolecular Hbond substituents is 1. The summed E-state index contributed by atoms with van der Waals surface area (Å²) in [7, 11) is 1.63. The second-order valence-electron chi connectivity index (χ2n) is 3.37. The van der Waals surface area contributed by atoms with E-state index >= 15 is 0 Å². The van der Waals surface area contributed by atoms with Crippen LogP contribution in [0, 0.1) is 20.8 Å². The highest BCUT2D eigenvalue weighted by Gasteiger charge is 2.14. The Bertz CT molecular complexity index is 379. The lowest BCUT2D eigenvalue weighted by Crippen LogP contribution is -1.97. The van der Waals surface area contributed by atoms with Crippen molar-refractivity contribution in [3.05, 3.63) is 28.8 Å². The molecule has 76 valence electrons. The summed E-state index contributed by atoms with van der Waals surface area (Å²) in [5, 5.41) is 9.82. The number of phenols is 1. The van der Waals surface area contributed by atoms with Crippen molar-refractivity contribution in [2.45, 2.75) is 20.8 Å². The predicted molar refractivity (Wildman–Crippen MR) is 59.0 cm³/mol. The fourth-order valence-corrected chi connectivity index (χ4v) is 1.64. The van der Waals surface area contributed by atoms with E-state index in [2.05, 4.69) is 6.58 Å². The van der Waals surface area contributed by atoms with Crippen molar-refractivity contribution in [3.63, 3.8) is 0 Å². The lowest BCUT2D eigenvalue weighted by Gasteiger charge is -2.16. The van der Waals surface area contributed by atoms with Crippen LogP contribution in [0.3, 0.4) is 0 Å². The van der Waals surface area contributed by atoms with E-state index in [1.165, 1.54) is 0 Å². The highest BCUT2D eigenvalue weighted by molar-refractivity contribution is 5.68. The summed E-state index contributed by atoms with van der Waals surface area (Å²) < 4.78 is 5.30. The van der Waals surface area contributed by atoms with Gasteiger partial charge >= 0.3 is 0 Å². The van der Waals surface area contributed by atoms with Gasteiger partial charge in [0.2, 0.25) is 0 Å². The summed E-state index contributed by atoms with van der Waals surface area (Å²) in [6, 6.07) is 0. The third-order valence-electron chi connectivity index (χ3n) is 2.67. The molecule has 0 spiro atoms. The molecule has 0 aliphatic rings. The van der Waals surface area contributed by atoms with Gasteiger partial charge in [-0.2, -0.15) is 0 Å². The Labute approximate surface area is 84.8 Å². The molecule has 0 aliphatic heterocycles. The Morgan fingerprint density at radius 2 is 1.71 bits per heavy atom. The van der Waals surface area contributed by atoms with E-state index in [9.17, 15) is 5.11 Å². The number of aromatic hydroxyl groups is 1. The molecule has 0 fully saturated rings. The smallest absolute Gasteiger partial charge is 0.129 e. The van der Waals surface area contributed by atoms with Crippen LogP contribution in [0.4, 0.5) is 0 Å². The van der Waals surface area contributed by atoms with Gasteiger partial charge in [-0.15, -0.1) is 0 Å². The second-order valence-corrected chi connectivity index (χ2v) is 3.37. The molecule has 14 heavy (non-hydrogen) atoms. The summed E-state index contributed by atoms with van der Waals surface area (Å²) in [5.41, 5.74) is 3.52. The fraction of sp³-hybridized carbons (Fsp3) is 0.333. The van der Waals surface area contributed by atoms with Crippen molar-refractivity contribution in [2.75, 3.05) is 7.11 Å². The standard InChI is InChI=1S/C12H16O2/c1-6-10-9(4)11(13)7(2)8(3)12(10)14-5/h6,13H,1H2,2-5H3. The quantitative estimate of drug-likeness (QED) is 0.780. The van der Waals surface area contributed by atoms with Gasteiger partial charge in [0.15, 0.2) is 0 Å². The molecule has 2 heteroatoms. The van der Waals surface area contributed by atoms with Gasteiger partial charge < -0.3 is 9.84 Å². The first kappa shape index (κ1) is 10.6. The van der Waals surface area contributed by atoms with Crippen LogP contribution in [0.15, 0.2) is 6.58 Å². The number of benzene rings is 1. The molecule has 0 bridgehead atoms. The molecule has 0 aromatic heterocycles. The first-order valence-corrected chi connectivity index (χ1v) is 4.53. The van der Waals surface area contributed by atoms with Crippen molar-refractivity contribution < 1.29 is 9.84 Å². The van der Waals surface area contributed by atoms with Crippen LogP contribution in [0.25, 0.3) is 6.08 Å². The highest BCUT2D eigenvalue weighted by atomic mass is 16.5. The van der Waals surface area contributed by atoms with E-state index in [0.29, 0.717) is 5.75 Å². The molecule has 1 aromatic rings. The topological polar surface area (TPSA) is 29.5 Å². The van der Waals surface area contributed by atoms with Crippen molar-refractivity contribution >= 4 is 6.08 Å². The molecule has 1 N–H and O–H groups in total. The SMILES string of the molecule is C=Cc1c(C)c(O)c(C)c(C)c1OC. The number of methoxy groups -OCH3 is 1. The van der Waals surface area contributed by atoms with E-state index in [4.69, 9.17) is 4.74 Å². The zero-order valence-corrected chi connectivity index (χ0v) is 9.14. The minimum Gasteiger partial charge on any atom is -0.507 e. The van der Waals surface area contributed by atoms with Gasteiger partial charge in [0, 0.05) is 11.1 Å².